The van der Waals surface area contributed by atoms with Crippen molar-refractivity contribution in [1.29, 1.82) is 0 Å². The molecular formula is C15H15N3O3. The van der Waals surface area contributed by atoms with E-state index in [0.29, 0.717) is 12.2 Å². The lowest BCUT2D eigenvalue weighted by Gasteiger charge is -2.20. The molecule has 6 nitrogen and oxygen atoms in total. The number of carboxylic acids is 1. The third-order valence-corrected chi connectivity index (χ3v) is 3.89. The molecule has 1 unspecified atom stereocenters. The molecule has 1 fully saturated rings. The summed E-state index contributed by atoms with van der Waals surface area (Å²) in [5.74, 6) is -1.36. The van der Waals surface area contributed by atoms with Crippen molar-refractivity contribution in [2.24, 2.45) is 5.73 Å². The van der Waals surface area contributed by atoms with E-state index in [1.165, 1.54) is 4.90 Å². The number of aromatic nitrogens is 1. The van der Waals surface area contributed by atoms with Gasteiger partial charge in [0.2, 0.25) is 0 Å². The Hall–Kier alpha value is -2.47. The molecule has 108 valence electrons. The second kappa shape index (κ2) is 4.82. The van der Waals surface area contributed by atoms with Crippen LogP contribution >= 0.6 is 0 Å². The Morgan fingerprint density at radius 3 is 2.76 bits per heavy atom. The van der Waals surface area contributed by atoms with Crippen molar-refractivity contribution in [2.75, 3.05) is 13.1 Å². The molecule has 1 saturated heterocycles. The lowest BCUT2D eigenvalue weighted by Crippen LogP contribution is -2.50. The fourth-order valence-corrected chi connectivity index (χ4v) is 2.62. The van der Waals surface area contributed by atoms with Crippen LogP contribution in [0.25, 0.3) is 10.8 Å². The van der Waals surface area contributed by atoms with Crippen LogP contribution in [0.5, 0.6) is 0 Å². The van der Waals surface area contributed by atoms with E-state index < -0.39 is 11.5 Å². The van der Waals surface area contributed by atoms with Crippen molar-refractivity contribution in [3.05, 3.63) is 42.2 Å². The second-order valence-corrected chi connectivity index (χ2v) is 5.32. The number of benzene rings is 1. The summed E-state index contributed by atoms with van der Waals surface area (Å²) in [5, 5.41) is 10.8. The van der Waals surface area contributed by atoms with Crippen molar-refractivity contribution >= 4 is 22.6 Å². The molecule has 6 heteroatoms. The molecule has 1 aromatic carbocycles. The smallest absolute Gasteiger partial charge is 0.325 e. The summed E-state index contributed by atoms with van der Waals surface area (Å²) in [6, 6.07) is 9.30. The van der Waals surface area contributed by atoms with Gasteiger partial charge in [-0.2, -0.15) is 0 Å². The van der Waals surface area contributed by atoms with Gasteiger partial charge in [0.15, 0.2) is 0 Å². The Bertz CT molecular complexity index is 726. The van der Waals surface area contributed by atoms with Gasteiger partial charge in [0, 0.05) is 24.7 Å². The zero-order valence-electron chi connectivity index (χ0n) is 11.3. The zero-order valence-corrected chi connectivity index (χ0v) is 11.3. The van der Waals surface area contributed by atoms with Crippen LogP contribution in [0.3, 0.4) is 0 Å². The van der Waals surface area contributed by atoms with Crippen LogP contribution in [0.15, 0.2) is 36.5 Å². The Morgan fingerprint density at radius 1 is 1.29 bits per heavy atom. The third-order valence-electron chi connectivity index (χ3n) is 3.89. The summed E-state index contributed by atoms with van der Waals surface area (Å²) in [5.41, 5.74) is 4.78. The number of hydrogen-bond donors (Lipinski definition) is 2. The van der Waals surface area contributed by atoms with Crippen molar-refractivity contribution < 1.29 is 14.7 Å². The molecule has 0 spiro atoms. The summed E-state index contributed by atoms with van der Waals surface area (Å²) in [6.45, 7) is 0.332. The molecule has 1 aliphatic rings. The molecule has 0 bridgehead atoms. The number of aliphatic carboxylic acids is 1. The van der Waals surface area contributed by atoms with Crippen molar-refractivity contribution in [1.82, 2.24) is 9.88 Å². The van der Waals surface area contributed by atoms with Gasteiger partial charge >= 0.3 is 5.97 Å². The van der Waals surface area contributed by atoms with Crippen LogP contribution in [0.1, 0.15) is 16.9 Å². The van der Waals surface area contributed by atoms with Crippen LogP contribution in [0.2, 0.25) is 0 Å². The lowest BCUT2D eigenvalue weighted by atomic mass is 10.0. The van der Waals surface area contributed by atoms with Crippen LogP contribution in [0, 0.1) is 0 Å². The van der Waals surface area contributed by atoms with Crippen molar-refractivity contribution in [2.45, 2.75) is 12.0 Å². The largest absolute Gasteiger partial charge is 0.480 e. The van der Waals surface area contributed by atoms with Gasteiger partial charge < -0.3 is 15.7 Å². The van der Waals surface area contributed by atoms with E-state index in [-0.39, 0.29) is 18.9 Å². The number of carbonyl (C=O) groups is 2. The fourth-order valence-electron chi connectivity index (χ4n) is 2.62. The molecule has 2 heterocycles. The Kier molecular flexibility index (Phi) is 3.10. The van der Waals surface area contributed by atoms with Crippen LogP contribution in [-0.2, 0) is 4.79 Å². The molecule has 0 saturated carbocycles. The van der Waals surface area contributed by atoms with Crippen molar-refractivity contribution in [3.63, 3.8) is 0 Å². The molecule has 3 rings (SSSR count). The Balaban J connectivity index is 1.94. The number of likely N-dealkylation sites (tertiary alicyclic amines) is 1. The summed E-state index contributed by atoms with van der Waals surface area (Å²) >= 11 is 0. The summed E-state index contributed by atoms with van der Waals surface area (Å²) in [6.07, 6.45) is 1.83. The van der Waals surface area contributed by atoms with E-state index in [4.69, 9.17) is 10.8 Å². The number of nitrogens with two attached hydrogens (primary N) is 1. The van der Waals surface area contributed by atoms with E-state index in [0.717, 1.165) is 10.8 Å². The molecule has 2 aromatic rings. The van der Waals surface area contributed by atoms with Gasteiger partial charge in [0.25, 0.3) is 5.91 Å². The van der Waals surface area contributed by atoms with Gasteiger partial charge in [-0.1, -0.05) is 24.3 Å². The first-order chi connectivity index (χ1) is 10.0. The normalized spacial score (nSPS) is 21.7. The average molecular weight is 285 g/mol. The number of rotatable bonds is 2. The second-order valence-electron chi connectivity index (χ2n) is 5.32. The SMILES string of the molecule is NC1(C(=O)O)CCN(C(=O)c2nccc3ccccc23)C1. The molecule has 1 atom stereocenters. The minimum Gasteiger partial charge on any atom is -0.480 e. The quantitative estimate of drug-likeness (QED) is 0.853. The molecule has 0 aliphatic carbocycles. The first-order valence-electron chi connectivity index (χ1n) is 6.66. The van der Waals surface area contributed by atoms with Gasteiger partial charge in [-0.3, -0.25) is 14.6 Å². The van der Waals surface area contributed by atoms with Crippen LogP contribution in [-0.4, -0.2) is 45.5 Å². The molecule has 3 N–H and O–H groups in total. The molecule has 21 heavy (non-hydrogen) atoms. The Labute approximate surface area is 121 Å². The maximum atomic E-state index is 12.6. The molecule has 1 aliphatic heterocycles. The molecular weight excluding hydrogens is 270 g/mol. The predicted molar refractivity (Wildman–Crippen MR) is 76.8 cm³/mol. The minimum atomic E-state index is -1.36. The monoisotopic (exact) mass is 285 g/mol. The van der Waals surface area contributed by atoms with Crippen molar-refractivity contribution in [3.8, 4) is 0 Å². The highest BCUT2D eigenvalue weighted by molar-refractivity contribution is 6.05. The van der Waals surface area contributed by atoms with Gasteiger partial charge in [-0.25, -0.2) is 0 Å². The first kappa shape index (κ1) is 13.5. The topological polar surface area (TPSA) is 96.5 Å². The highest BCUT2D eigenvalue weighted by atomic mass is 16.4. The number of pyridine rings is 1. The van der Waals surface area contributed by atoms with Gasteiger partial charge in [-0.15, -0.1) is 0 Å². The number of amides is 1. The number of hydrogen-bond acceptors (Lipinski definition) is 4. The Morgan fingerprint density at radius 2 is 2.05 bits per heavy atom. The van der Waals surface area contributed by atoms with Gasteiger partial charge in [-0.05, 0) is 17.9 Å². The number of carbonyl (C=O) groups excluding carboxylic acids is 1. The summed E-state index contributed by atoms with van der Waals surface area (Å²) in [7, 11) is 0. The maximum Gasteiger partial charge on any atom is 0.325 e. The predicted octanol–water partition coefficient (Wildman–Crippen LogP) is 0.863. The van der Waals surface area contributed by atoms with E-state index in [1.807, 2.05) is 30.3 Å². The van der Waals surface area contributed by atoms with Gasteiger partial charge in [0.05, 0.1) is 0 Å². The van der Waals surface area contributed by atoms with Gasteiger partial charge in [0.1, 0.15) is 11.2 Å². The van der Waals surface area contributed by atoms with E-state index in [1.54, 1.807) is 6.20 Å². The number of carboxylic acid groups (broad SMARTS) is 1. The van der Waals surface area contributed by atoms with E-state index in [2.05, 4.69) is 4.98 Å². The highest BCUT2D eigenvalue weighted by Gasteiger charge is 2.43. The van der Waals surface area contributed by atoms with E-state index in [9.17, 15) is 9.59 Å². The number of fused-ring (bicyclic) bond motifs is 1. The standard InChI is InChI=1S/C15H15N3O3/c16-15(14(20)21)6-8-18(9-15)13(19)12-11-4-2-1-3-10(11)5-7-17-12/h1-5,7H,6,8-9,16H2,(H,20,21). The molecule has 1 amide bonds. The summed E-state index contributed by atoms with van der Waals surface area (Å²) in [4.78, 5) is 29.4. The fraction of sp³-hybridized carbons (Fsp3) is 0.267. The minimum absolute atomic E-state index is 0.00602. The average Bonchev–Trinajstić information content (AvgIpc) is 2.90. The maximum absolute atomic E-state index is 12.6. The molecule has 1 aromatic heterocycles. The summed E-state index contributed by atoms with van der Waals surface area (Å²) < 4.78 is 0. The third kappa shape index (κ3) is 2.23. The molecule has 0 radical (unpaired) electrons. The zero-order chi connectivity index (χ0) is 15.0. The van der Waals surface area contributed by atoms with E-state index >= 15 is 0 Å². The highest BCUT2D eigenvalue weighted by Crippen LogP contribution is 2.23. The van der Waals surface area contributed by atoms with Crippen LogP contribution < -0.4 is 5.73 Å². The first-order valence-corrected chi connectivity index (χ1v) is 6.66. The van der Waals surface area contributed by atoms with Crippen LogP contribution in [0.4, 0.5) is 0 Å². The lowest BCUT2D eigenvalue weighted by molar-refractivity contribution is -0.142. The number of nitrogens with zero attached hydrogens (tertiary/aromatic N) is 2.